The van der Waals surface area contributed by atoms with E-state index in [0.29, 0.717) is 36.1 Å². The third kappa shape index (κ3) is 9.07. The summed E-state index contributed by atoms with van der Waals surface area (Å²) in [7, 11) is 4.97. The van der Waals surface area contributed by atoms with Gasteiger partial charge in [-0.15, -0.1) is 0 Å². The van der Waals surface area contributed by atoms with Crippen molar-refractivity contribution < 1.29 is 29.1 Å². The van der Waals surface area contributed by atoms with Gasteiger partial charge in [0.2, 0.25) is 5.91 Å². The van der Waals surface area contributed by atoms with Crippen molar-refractivity contribution in [3.63, 3.8) is 0 Å². The Hall–Kier alpha value is -5.65. The van der Waals surface area contributed by atoms with Gasteiger partial charge < -0.3 is 29.8 Å². The lowest BCUT2D eigenvalue weighted by molar-refractivity contribution is -0.125. The Morgan fingerprint density at radius 3 is 2.32 bits per heavy atom. The van der Waals surface area contributed by atoms with Crippen molar-refractivity contribution >= 4 is 36.4 Å². The molecule has 2 fully saturated rings. The van der Waals surface area contributed by atoms with E-state index >= 15 is 0 Å². The van der Waals surface area contributed by atoms with Crippen molar-refractivity contribution in [1.29, 1.82) is 0 Å². The van der Waals surface area contributed by atoms with E-state index in [1.165, 1.54) is 65.4 Å². The Morgan fingerprint density at radius 2 is 1.67 bits per heavy atom. The minimum absolute atomic E-state index is 0.172. The van der Waals surface area contributed by atoms with E-state index in [1.54, 1.807) is 12.1 Å². The monoisotopic (exact) mass is 811 g/mol. The lowest BCUT2D eigenvalue weighted by Gasteiger charge is -2.54. The van der Waals surface area contributed by atoms with Gasteiger partial charge in [0.1, 0.15) is 24.4 Å². The van der Waals surface area contributed by atoms with Crippen molar-refractivity contribution in [3.8, 4) is 5.75 Å². The van der Waals surface area contributed by atoms with Crippen LogP contribution in [0.25, 0.3) is 0 Å². The Morgan fingerprint density at radius 1 is 0.933 bits per heavy atom. The third-order valence-electron chi connectivity index (χ3n) is 13.0. The number of likely N-dealkylation sites (N-methyl/N-ethyl adjacent to an activating group) is 2. The minimum atomic E-state index is -0.766. The van der Waals surface area contributed by atoms with Crippen LogP contribution in [-0.4, -0.2) is 110 Å². The molecule has 0 aromatic heterocycles. The largest absolute Gasteiger partial charge is 0.508 e. The average Bonchev–Trinajstić information content (AvgIpc) is 3.64. The number of carbonyl (C=O) groups excluding carboxylic acids is 5. The molecule has 1 spiro atoms. The Balaban J connectivity index is 0.000000193. The number of likely N-dealkylation sites (tertiary alicyclic amines) is 1. The number of anilines is 1. The number of allylic oxidation sites excluding steroid dienone is 6. The Bertz CT molecular complexity index is 2190. The highest BCUT2D eigenvalue weighted by molar-refractivity contribution is 6.03. The van der Waals surface area contributed by atoms with Gasteiger partial charge in [-0.3, -0.25) is 24.2 Å². The van der Waals surface area contributed by atoms with Crippen LogP contribution < -0.4 is 10.2 Å². The summed E-state index contributed by atoms with van der Waals surface area (Å²) < 4.78 is 0. The summed E-state index contributed by atoms with van der Waals surface area (Å²) in [6, 6.07) is 17.8. The van der Waals surface area contributed by atoms with Crippen LogP contribution in [0.5, 0.6) is 5.75 Å². The summed E-state index contributed by atoms with van der Waals surface area (Å²) >= 11 is 0. The summed E-state index contributed by atoms with van der Waals surface area (Å²) in [5, 5.41) is 12.6. The summed E-state index contributed by atoms with van der Waals surface area (Å²) in [6.45, 7) is 6.36. The van der Waals surface area contributed by atoms with Gasteiger partial charge in [-0.05, 0) is 126 Å². The molecule has 2 saturated heterocycles. The highest BCUT2D eigenvalue weighted by atomic mass is 16.3. The smallest absolute Gasteiger partial charge is 0.255 e. The number of hydrogen-bond acceptors (Lipinski definition) is 9. The van der Waals surface area contributed by atoms with Crippen LogP contribution in [-0.2, 0) is 33.9 Å². The van der Waals surface area contributed by atoms with Crippen molar-refractivity contribution in [2.75, 3.05) is 58.8 Å². The Labute approximate surface area is 353 Å². The molecule has 3 aliphatic heterocycles. The number of rotatable bonds is 12. The molecule has 0 bridgehead atoms. The van der Waals surface area contributed by atoms with Gasteiger partial charge in [0.05, 0.1) is 12.1 Å². The number of aromatic hydroxyl groups is 1. The van der Waals surface area contributed by atoms with Gasteiger partial charge in [-0.25, -0.2) is 0 Å². The fourth-order valence-corrected chi connectivity index (χ4v) is 9.74. The first-order valence-corrected chi connectivity index (χ1v) is 21.2. The molecule has 3 aromatic rings. The molecule has 5 aliphatic rings. The molecule has 2 N–H and O–H groups in total. The lowest BCUT2D eigenvalue weighted by Crippen LogP contribution is -2.60. The normalized spacial score (nSPS) is 19.6. The quantitative estimate of drug-likeness (QED) is 0.212. The van der Waals surface area contributed by atoms with Gasteiger partial charge in [-0.1, -0.05) is 42.5 Å². The molecule has 2 aliphatic carbocycles. The molecule has 2 atom stereocenters. The molecule has 3 aromatic carbocycles. The SMILES string of the molecule is CNC(=O)C(CCC=O)N(C)C(=O)c1cc2c(cc1C=O)CN(C)C2.O=CCN1CC2(CCN(c3ccc([C@H]4C(C5=CCCC=C5)=CCc5cc(O)ccc54)cc3)CC2)C1. The molecule has 2 amide bonds. The molecule has 314 valence electrons. The maximum absolute atomic E-state index is 12.9. The van der Waals surface area contributed by atoms with Gasteiger partial charge in [0.25, 0.3) is 5.91 Å². The van der Waals surface area contributed by atoms with E-state index < -0.39 is 11.9 Å². The number of phenolic OH excluding ortho intramolecular Hbond substituents is 1. The minimum Gasteiger partial charge on any atom is -0.508 e. The molecule has 3 heterocycles. The zero-order valence-corrected chi connectivity index (χ0v) is 35.1. The van der Waals surface area contributed by atoms with Gasteiger partial charge >= 0.3 is 0 Å². The van der Waals surface area contributed by atoms with E-state index in [0.717, 1.165) is 75.7 Å². The van der Waals surface area contributed by atoms with Crippen LogP contribution in [0.2, 0.25) is 0 Å². The van der Waals surface area contributed by atoms with E-state index in [9.17, 15) is 29.1 Å². The van der Waals surface area contributed by atoms with Crippen molar-refractivity contribution in [2.24, 2.45) is 5.41 Å². The average molecular weight is 812 g/mol. The van der Waals surface area contributed by atoms with Crippen LogP contribution in [0.1, 0.15) is 93.0 Å². The number of piperidine rings is 1. The molecule has 8 rings (SSSR count). The molecule has 1 unspecified atom stereocenters. The second kappa shape index (κ2) is 18.7. The highest BCUT2D eigenvalue weighted by Crippen LogP contribution is 2.44. The number of nitrogens with one attached hydrogen (secondary N) is 1. The summed E-state index contributed by atoms with van der Waals surface area (Å²) in [5.74, 6) is -0.217. The second-order valence-electron chi connectivity index (χ2n) is 17.0. The Kier molecular flexibility index (Phi) is 13.3. The van der Waals surface area contributed by atoms with Crippen LogP contribution in [0.4, 0.5) is 5.69 Å². The van der Waals surface area contributed by atoms with Gasteiger partial charge in [0, 0.05) is 77.0 Å². The number of amides is 2. The van der Waals surface area contributed by atoms with E-state index in [2.05, 4.69) is 74.7 Å². The van der Waals surface area contributed by atoms with Gasteiger partial charge in [-0.2, -0.15) is 0 Å². The predicted octanol–water partition coefficient (Wildman–Crippen LogP) is 5.99. The van der Waals surface area contributed by atoms with Crippen molar-refractivity contribution in [2.45, 2.75) is 70.0 Å². The van der Waals surface area contributed by atoms with Crippen LogP contribution in [0.15, 0.2) is 90.0 Å². The molecule has 11 heteroatoms. The fourth-order valence-electron chi connectivity index (χ4n) is 9.74. The van der Waals surface area contributed by atoms with Crippen LogP contribution in [0.3, 0.4) is 0 Å². The second-order valence-corrected chi connectivity index (χ2v) is 17.0. The number of hydrogen-bond donors (Lipinski definition) is 2. The molecular formula is C49H57N5O6. The zero-order chi connectivity index (χ0) is 42.4. The number of aldehydes is 3. The van der Waals surface area contributed by atoms with E-state index in [-0.39, 0.29) is 30.2 Å². The van der Waals surface area contributed by atoms with Gasteiger partial charge in [0.15, 0.2) is 6.29 Å². The molecule has 60 heavy (non-hydrogen) atoms. The van der Waals surface area contributed by atoms with E-state index in [4.69, 9.17) is 0 Å². The van der Waals surface area contributed by atoms with Crippen molar-refractivity contribution in [3.05, 3.63) is 129 Å². The molecule has 0 radical (unpaired) electrons. The van der Waals surface area contributed by atoms with Crippen LogP contribution in [0, 0.1) is 5.41 Å². The summed E-state index contributed by atoms with van der Waals surface area (Å²) in [6.07, 6.45) is 17.6. The van der Waals surface area contributed by atoms with E-state index in [1.807, 2.05) is 19.2 Å². The first kappa shape index (κ1) is 42.5. The number of benzene rings is 3. The lowest BCUT2D eigenvalue weighted by atomic mass is 9.72. The van der Waals surface area contributed by atoms with Crippen molar-refractivity contribution in [1.82, 2.24) is 20.0 Å². The summed E-state index contributed by atoms with van der Waals surface area (Å²) in [5.41, 5.74) is 10.9. The highest BCUT2D eigenvalue weighted by Gasteiger charge is 2.44. The fraction of sp³-hybridized carbons (Fsp3) is 0.408. The third-order valence-corrected chi connectivity index (χ3v) is 13.0. The predicted molar refractivity (Wildman–Crippen MR) is 233 cm³/mol. The zero-order valence-electron chi connectivity index (χ0n) is 35.1. The molecular weight excluding hydrogens is 755 g/mol. The standard InChI is InChI=1S/C31H34N2O2.C18H23N3O4/c34-19-18-32-21-31(22-32)14-16-33(17-15-31)26-9-6-24(7-10-26)30-28(23-4-2-1-3-5-23)12-8-25-20-27(35)11-13-29(25)30;1-19-17(24)16(5-4-6-22)21(3)18(25)15-8-13-10-20(2)9-12(13)7-14(15)11-23/h2,4-7,9-13,19-20,30,35H,1,3,8,14-18,21-22H2;6-8,11,16H,4-5,9-10H2,1-3H3,(H,19,24)/t30-;/m0./s1. The first-order valence-electron chi connectivity index (χ1n) is 21.2. The first-order chi connectivity index (χ1) is 29.1. The maximum atomic E-state index is 12.9. The topological polar surface area (TPSA) is 131 Å². The summed E-state index contributed by atoms with van der Waals surface area (Å²) in [4.78, 5) is 66.1. The molecule has 11 nitrogen and oxygen atoms in total. The number of nitrogens with zero attached hydrogens (tertiary/aromatic N) is 4. The van der Waals surface area contributed by atoms with Crippen LogP contribution >= 0.6 is 0 Å². The molecule has 0 saturated carbocycles. The number of phenols is 1. The number of fused-ring (bicyclic) bond motifs is 2. The number of carbonyl (C=O) groups is 5. The maximum Gasteiger partial charge on any atom is 0.255 e.